The highest BCUT2D eigenvalue weighted by Crippen LogP contribution is 2.10. The molecule has 0 radical (unpaired) electrons. The average Bonchev–Trinajstić information content (AvgIpc) is 2.51. The maximum atomic E-state index is 12.6. The number of rotatable bonds is 7. The molecule has 0 saturated heterocycles. The van der Waals surface area contributed by atoms with Gasteiger partial charge in [0.2, 0.25) is 5.91 Å². The fraction of sp³-hybridized carbons (Fsp3) is 0.500. The second-order valence-electron chi connectivity index (χ2n) is 6.52. The van der Waals surface area contributed by atoms with Crippen LogP contribution in [0.1, 0.15) is 36.7 Å². The van der Waals surface area contributed by atoms with Crippen LogP contribution in [0.4, 0.5) is 0 Å². The van der Waals surface area contributed by atoms with Gasteiger partial charge in [0.05, 0.1) is 5.92 Å². The fourth-order valence-corrected chi connectivity index (χ4v) is 2.34. The van der Waals surface area contributed by atoms with Crippen molar-refractivity contribution in [3.05, 3.63) is 35.4 Å². The number of carboxylic acids is 1. The highest BCUT2D eigenvalue weighted by atomic mass is 16.4. The first kappa shape index (κ1) is 19.7. The number of hydrogen-bond acceptors (Lipinski definition) is 3. The number of likely N-dealkylation sites (N-methyl/N-ethyl adjacent to an activating group) is 1. The van der Waals surface area contributed by atoms with Crippen molar-refractivity contribution in [2.45, 2.75) is 33.7 Å². The molecule has 1 rings (SSSR count). The molecule has 1 aromatic rings. The van der Waals surface area contributed by atoms with Gasteiger partial charge < -0.3 is 15.3 Å². The van der Waals surface area contributed by atoms with Crippen LogP contribution in [0.2, 0.25) is 0 Å². The van der Waals surface area contributed by atoms with Gasteiger partial charge in [0.15, 0.2) is 0 Å². The number of nitrogens with one attached hydrogen (secondary N) is 1. The van der Waals surface area contributed by atoms with E-state index < -0.39 is 17.9 Å². The van der Waals surface area contributed by atoms with E-state index in [1.54, 1.807) is 32.2 Å². The Kier molecular flexibility index (Phi) is 6.95. The quantitative estimate of drug-likeness (QED) is 0.798. The minimum atomic E-state index is -0.959. The monoisotopic (exact) mass is 334 g/mol. The number of hydrogen-bond donors (Lipinski definition) is 2. The van der Waals surface area contributed by atoms with Crippen LogP contribution < -0.4 is 5.32 Å². The molecule has 2 unspecified atom stereocenters. The van der Waals surface area contributed by atoms with Crippen molar-refractivity contribution in [3.8, 4) is 0 Å². The van der Waals surface area contributed by atoms with Gasteiger partial charge in [0.25, 0.3) is 5.91 Å². The molecule has 0 aromatic heterocycles. The van der Waals surface area contributed by atoms with Crippen LogP contribution >= 0.6 is 0 Å². The van der Waals surface area contributed by atoms with E-state index in [-0.39, 0.29) is 24.3 Å². The first-order valence-electron chi connectivity index (χ1n) is 7.98. The molecule has 0 aliphatic rings. The van der Waals surface area contributed by atoms with E-state index in [0.29, 0.717) is 5.56 Å². The molecule has 2 atom stereocenters. The molecular weight excluding hydrogens is 308 g/mol. The molecule has 2 N–H and O–H groups in total. The minimum absolute atomic E-state index is 0.0949. The molecule has 2 amide bonds. The Labute approximate surface area is 142 Å². The molecule has 0 saturated carbocycles. The zero-order chi connectivity index (χ0) is 18.4. The summed E-state index contributed by atoms with van der Waals surface area (Å²) in [6.45, 7) is 7.21. The Balaban J connectivity index is 2.84. The Bertz CT molecular complexity index is 613. The summed E-state index contributed by atoms with van der Waals surface area (Å²) in [6.07, 6.45) is 0. The summed E-state index contributed by atoms with van der Waals surface area (Å²) in [5, 5.41) is 11.7. The second kappa shape index (κ2) is 8.47. The number of carbonyl (C=O) groups is 3. The van der Waals surface area contributed by atoms with Crippen LogP contribution in [0, 0.1) is 18.8 Å². The molecule has 0 heterocycles. The third-order valence-electron chi connectivity index (χ3n) is 3.85. The largest absolute Gasteiger partial charge is 0.481 e. The van der Waals surface area contributed by atoms with E-state index in [1.165, 1.54) is 4.90 Å². The van der Waals surface area contributed by atoms with Crippen LogP contribution in [0.5, 0.6) is 0 Å². The number of benzene rings is 1. The van der Waals surface area contributed by atoms with Crippen LogP contribution in [0.25, 0.3) is 0 Å². The number of nitrogens with zero attached hydrogens (tertiary/aromatic N) is 1. The number of amides is 2. The Hall–Kier alpha value is -2.37. The summed E-state index contributed by atoms with van der Waals surface area (Å²) in [4.78, 5) is 37.3. The summed E-state index contributed by atoms with van der Waals surface area (Å²) in [5.41, 5.74) is 1.46. The second-order valence-corrected chi connectivity index (χ2v) is 6.52. The smallest absolute Gasteiger partial charge is 0.308 e. The lowest BCUT2D eigenvalue weighted by molar-refractivity contribution is -0.143. The maximum Gasteiger partial charge on any atom is 0.308 e. The highest BCUT2D eigenvalue weighted by Gasteiger charge is 2.28. The van der Waals surface area contributed by atoms with Crippen LogP contribution in [-0.2, 0) is 9.59 Å². The molecular formula is C18H26N2O4. The average molecular weight is 334 g/mol. The third kappa shape index (κ3) is 5.37. The molecule has 1 aromatic carbocycles. The zero-order valence-corrected chi connectivity index (χ0v) is 14.9. The summed E-state index contributed by atoms with van der Waals surface area (Å²) in [7, 11) is 1.55. The fourth-order valence-electron chi connectivity index (χ4n) is 2.34. The zero-order valence-electron chi connectivity index (χ0n) is 14.9. The lowest BCUT2D eigenvalue weighted by Crippen LogP contribution is -2.51. The number of carbonyl (C=O) groups excluding carboxylic acids is 2. The van der Waals surface area contributed by atoms with Crippen molar-refractivity contribution in [2.75, 3.05) is 13.6 Å². The third-order valence-corrected chi connectivity index (χ3v) is 3.85. The van der Waals surface area contributed by atoms with Gasteiger partial charge in [-0.25, -0.2) is 0 Å². The number of carboxylic acid groups (broad SMARTS) is 1. The molecule has 132 valence electrons. The topological polar surface area (TPSA) is 86.7 Å². The van der Waals surface area contributed by atoms with Crippen molar-refractivity contribution in [2.24, 2.45) is 11.8 Å². The van der Waals surface area contributed by atoms with Crippen molar-refractivity contribution >= 4 is 17.8 Å². The summed E-state index contributed by atoms with van der Waals surface area (Å²) in [6, 6.07) is 6.43. The van der Waals surface area contributed by atoms with E-state index in [9.17, 15) is 14.4 Å². The van der Waals surface area contributed by atoms with Crippen LogP contribution in [0.3, 0.4) is 0 Å². The number of aliphatic carboxylic acids is 1. The van der Waals surface area contributed by atoms with E-state index in [2.05, 4.69) is 5.32 Å². The molecule has 0 aliphatic carbocycles. The van der Waals surface area contributed by atoms with E-state index in [0.717, 1.165) is 5.56 Å². The van der Waals surface area contributed by atoms with Crippen molar-refractivity contribution in [3.63, 3.8) is 0 Å². The van der Waals surface area contributed by atoms with Crippen molar-refractivity contribution in [1.82, 2.24) is 10.2 Å². The molecule has 6 heteroatoms. The van der Waals surface area contributed by atoms with Gasteiger partial charge in [-0.1, -0.05) is 38.5 Å². The standard InChI is InChI=1S/C18H26N2O4/c1-11(2)15(17(22)20(5)10-13(4)18(23)24)19-16(21)14-8-6-7-12(3)9-14/h6-9,11,13,15H,10H2,1-5H3,(H,19,21)(H,23,24). The van der Waals surface area contributed by atoms with Gasteiger partial charge in [-0.15, -0.1) is 0 Å². The van der Waals surface area contributed by atoms with Gasteiger partial charge in [-0.2, -0.15) is 0 Å². The molecule has 0 spiro atoms. The Morgan fingerprint density at radius 3 is 2.33 bits per heavy atom. The minimum Gasteiger partial charge on any atom is -0.481 e. The summed E-state index contributed by atoms with van der Waals surface area (Å²) >= 11 is 0. The van der Waals surface area contributed by atoms with Crippen molar-refractivity contribution in [1.29, 1.82) is 0 Å². The predicted molar refractivity (Wildman–Crippen MR) is 91.7 cm³/mol. The van der Waals surface area contributed by atoms with Gasteiger partial charge in [0.1, 0.15) is 6.04 Å². The van der Waals surface area contributed by atoms with E-state index in [4.69, 9.17) is 5.11 Å². The van der Waals surface area contributed by atoms with Gasteiger partial charge in [0, 0.05) is 19.2 Å². The molecule has 0 aliphatic heterocycles. The van der Waals surface area contributed by atoms with Crippen LogP contribution in [-0.4, -0.2) is 47.4 Å². The van der Waals surface area contributed by atoms with Crippen molar-refractivity contribution < 1.29 is 19.5 Å². The van der Waals surface area contributed by atoms with Gasteiger partial charge in [-0.05, 0) is 25.0 Å². The summed E-state index contributed by atoms with van der Waals surface area (Å²) < 4.78 is 0. The molecule has 0 bridgehead atoms. The van der Waals surface area contributed by atoms with Crippen LogP contribution in [0.15, 0.2) is 24.3 Å². The van der Waals surface area contributed by atoms with E-state index in [1.807, 2.05) is 26.8 Å². The predicted octanol–water partition coefficient (Wildman–Crippen LogP) is 1.93. The first-order chi connectivity index (χ1) is 11.1. The Morgan fingerprint density at radius 1 is 1.21 bits per heavy atom. The normalized spacial score (nSPS) is 13.2. The van der Waals surface area contributed by atoms with Gasteiger partial charge in [-0.3, -0.25) is 14.4 Å². The number of aryl methyl sites for hydroxylation is 1. The highest BCUT2D eigenvalue weighted by molar-refractivity contribution is 5.97. The van der Waals surface area contributed by atoms with E-state index >= 15 is 0 Å². The van der Waals surface area contributed by atoms with Gasteiger partial charge >= 0.3 is 5.97 Å². The first-order valence-corrected chi connectivity index (χ1v) is 7.98. The molecule has 24 heavy (non-hydrogen) atoms. The Morgan fingerprint density at radius 2 is 1.83 bits per heavy atom. The maximum absolute atomic E-state index is 12.6. The lowest BCUT2D eigenvalue weighted by atomic mass is 10.0. The summed E-state index contributed by atoms with van der Waals surface area (Å²) in [5.74, 6) is -2.35. The SMILES string of the molecule is Cc1cccc(C(=O)NC(C(=O)N(C)CC(C)C(=O)O)C(C)C)c1. The molecule has 6 nitrogen and oxygen atoms in total. The molecule has 0 fully saturated rings. The lowest BCUT2D eigenvalue weighted by Gasteiger charge is -2.28.